The summed E-state index contributed by atoms with van der Waals surface area (Å²) >= 11 is 0. The van der Waals surface area contributed by atoms with Gasteiger partial charge in [0.25, 0.3) is 5.91 Å². The fourth-order valence-corrected chi connectivity index (χ4v) is 8.93. The first-order chi connectivity index (χ1) is 14.5. The second-order valence-electron chi connectivity index (χ2n) is 11.6. The number of nitrogens with one attached hydrogen (secondary N) is 1. The Bertz CT molecular complexity index is 759. The summed E-state index contributed by atoms with van der Waals surface area (Å²) in [5, 5.41) is 3.20. The van der Waals surface area contributed by atoms with Crippen molar-refractivity contribution < 1.29 is 4.79 Å². The predicted octanol–water partition coefficient (Wildman–Crippen LogP) is 6.86. The summed E-state index contributed by atoms with van der Waals surface area (Å²) in [6.45, 7) is 6.14. The molecule has 164 valence electrons. The maximum Gasteiger partial charge on any atom is 0.251 e. The third kappa shape index (κ3) is 3.33. The quantitative estimate of drug-likeness (QED) is 0.580. The highest BCUT2D eigenvalue weighted by Gasteiger charge is 2.59. The van der Waals surface area contributed by atoms with Crippen LogP contribution in [0.2, 0.25) is 0 Å². The number of carbonyl (C=O) groups excluding carboxylic acids is 1. The highest BCUT2D eigenvalue weighted by Crippen LogP contribution is 2.67. The van der Waals surface area contributed by atoms with Gasteiger partial charge in [0.2, 0.25) is 0 Å². The fourth-order valence-electron chi connectivity index (χ4n) is 8.93. The van der Waals surface area contributed by atoms with Crippen LogP contribution in [-0.2, 0) is 0 Å². The van der Waals surface area contributed by atoms with Gasteiger partial charge in [-0.2, -0.15) is 0 Å². The number of hydrogen-bond donors (Lipinski definition) is 1. The molecule has 1 N–H and O–H groups in total. The van der Waals surface area contributed by atoms with Gasteiger partial charge >= 0.3 is 0 Å². The zero-order valence-corrected chi connectivity index (χ0v) is 19.2. The van der Waals surface area contributed by atoms with Gasteiger partial charge in [-0.15, -0.1) is 0 Å². The van der Waals surface area contributed by atoms with Crippen molar-refractivity contribution in [1.82, 2.24) is 5.32 Å². The molecule has 0 radical (unpaired) electrons. The molecule has 1 aromatic rings. The summed E-state index contributed by atoms with van der Waals surface area (Å²) in [4.78, 5) is 12.4. The molecule has 0 aromatic heterocycles. The minimum atomic E-state index is 0.0857. The zero-order chi connectivity index (χ0) is 20.8. The molecule has 1 unspecified atom stereocenters. The van der Waals surface area contributed by atoms with Crippen molar-refractivity contribution in [1.29, 1.82) is 0 Å². The van der Waals surface area contributed by atoms with Gasteiger partial charge in [0.1, 0.15) is 0 Å². The number of hydrogen-bond acceptors (Lipinski definition) is 1. The summed E-state index contributed by atoms with van der Waals surface area (Å²) in [6.07, 6.45) is 15.8. The minimum absolute atomic E-state index is 0.0857. The van der Waals surface area contributed by atoms with Gasteiger partial charge < -0.3 is 5.32 Å². The van der Waals surface area contributed by atoms with E-state index in [1.165, 1.54) is 64.2 Å². The lowest BCUT2D eigenvalue weighted by molar-refractivity contribution is -0.111. The Morgan fingerprint density at radius 1 is 0.900 bits per heavy atom. The lowest BCUT2D eigenvalue weighted by atomic mass is 9.45. The van der Waals surface area contributed by atoms with Crippen LogP contribution >= 0.6 is 0 Å². The van der Waals surface area contributed by atoms with E-state index < -0.39 is 0 Å². The monoisotopic (exact) mass is 407 g/mol. The van der Waals surface area contributed by atoms with Crippen molar-refractivity contribution in [3.05, 3.63) is 35.9 Å². The SMILES string of the molecule is C[C@]12CC[C@H]3[C@@H](CCC4CCCC[C@@]43C)[C@@H]1CC[C@@H]2CCNC(=O)c1ccccc1. The molecule has 1 amide bonds. The highest BCUT2D eigenvalue weighted by molar-refractivity contribution is 5.94. The van der Waals surface area contributed by atoms with E-state index in [2.05, 4.69) is 19.2 Å². The van der Waals surface area contributed by atoms with Gasteiger partial charge in [-0.1, -0.05) is 44.9 Å². The van der Waals surface area contributed by atoms with E-state index in [1.807, 2.05) is 30.3 Å². The first-order valence-corrected chi connectivity index (χ1v) is 12.9. The summed E-state index contributed by atoms with van der Waals surface area (Å²) in [5.41, 5.74) is 1.94. The Kier molecular flexibility index (Phi) is 5.48. The summed E-state index contributed by atoms with van der Waals surface area (Å²) in [5.74, 6) is 4.80. The average Bonchev–Trinajstić information content (AvgIpc) is 3.10. The normalized spacial score (nSPS) is 42.7. The van der Waals surface area contributed by atoms with Crippen LogP contribution in [0.25, 0.3) is 0 Å². The predicted molar refractivity (Wildman–Crippen MR) is 123 cm³/mol. The first-order valence-electron chi connectivity index (χ1n) is 12.9. The van der Waals surface area contributed by atoms with E-state index in [-0.39, 0.29) is 5.91 Å². The molecular formula is C28H41NO. The third-order valence-electron chi connectivity index (χ3n) is 10.6. The lowest BCUT2D eigenvalue weighted by Gasteiger charge is -2.60. The van der Waals surface area contributed by atoms with Crippen molar-refractivity contribution in [3.8, 4) is 0 Å². The van der Waals surface area contributed by atoms with Crippen molar-refractivity contribution in [2.75, 3.05) is 6.54 Å². The molecule has 2 heteroatoms. The first kappa shape index (κ1) is 20.6. The summed E-state index contributed by atoms with van der Waals surface area (Å²) in [7, 11) is 0. The van der Waals surface area contributed by atoms with Gasteiger partial charge in [-0.05, 0) is 110 Å². The number of benzene rings is 1. The van der Waals surface area contributed by atoms with E-state index >= 15 is 0 Å². The molecule has 4 aliphatic carbocycles. The van der Waals surface area contributed by atoms with E-state index in [0.717, 1.165) is 48.1 Å². The molecule has 4 saturated carbocycles. The van der Waals surface area contributed by atoms with Crippen LogP contribution < -0.4 is 5.32 Å². The average molecular weight is 408 g/mol. The van der Waals surface area contributed by atoms with E-state index in [9.17, 15) is 4.79 Å². The maximum atomic E-state index is 12.4. The van der Waals surface area contributed by atoms with Gasteiger partial charge in [0.15, 0.2) is 0 Å². The molecule has 2 nitrogen and oxygen atoms in total. The Balaban J connectivity index is 1.23. The summed E-state index contributed by atoms with van der Waals surface area (Å²) in [6, 6.07) is 9.67. The van der Waals surface area contributed by atoms with Crippen molar-refractivity contribution >= 4 is 5.91 Å². The molecule has 30 heavy (non-hydrogen) atoms. The third-order valence-corrected chi connectivity index (χ3v) is 10.6. The van der Waals surface area contributed by atoms with Crippen LogP contribution in [0.1, 0.15) is 94.8 Å². The number of fused-ring (bicyclic) bond motifs is 5. The summed E-state index contributed by atoms with van der Waals surface area (Å²) < 4.78 is 0. The second kappa shape index (κ2) is 7.99. The molecule has 4 aliphatic rings. The van der Waals surface area contributed by atoms with Crippen molar-refractivity contribution in [2.45, 2.75) is 84.5 Å². The van der Waals surface area contributed by atoms with E-state index in [1.54, 1.807) is 0 Å². The van der Waals surface area contributed by atoms with Crippen molar-refractivity contribution in [2.24, 2.45) is 40.4 Å². The Morgan fingerprint density at radius 2 is 1.70 bits per heavy atom. The Hall–Kier alpha value is -1.31. The fraction of sp³-hybridized carbons (Fsp3) is 0.750. The van der Waals surface area contributed by atoms with Crippen LogP contribution in [0.4, 0.5) is 0 Å². The van der Waals surface area contributed by atoms with Crippen LogP contribution in [0.5, 0.6) is 0 Å². The molecule has 0 spiro atoms. The molecule has 0 saturated heterocycles. The van der Waals surface area contributed by atoms with E-state index in [0.29, 0.717) is 10.8 Å². The van der Waals surface area contributed by atoms with Crippen LogP contribution in [0.3, 0.4) is 0 Å². The molecule has 7 atom stereocenters. The standard InChI is InChI=1S/C28H41NO/c1-27-17-7-6-10-21(27)11-13-23-24-14-12-22(28(24,2)18-15-25(23)27)16-19-29-26(30)20-8-4-3-5-9-20/h3-5,8-9,21-25H,6-7,10-19H2,1-2H3,(H,29,30)/t21?,22-,23+,24+,25+,27+,28-/m1/s1. The van der Waals surface area contributed by atoms with Crippen LogP contribution in [0, 0.1) is 40.4 Å². The van der Waals surface area contributed by atoms with Crippen molar-refractivity contribution in [3.63, 3.8) is 0 Å². The smallest absolute Gasteiger partial charge is 0.251 e. The number of amides is 1. The minimum Gasteiger partial charge on any atom is -0.352 e. The molecule has 0 heterocycles. The molecule has 0 aliphatic heterocycles. The lowest BCUT2D eigenvalue weighted by Crippen LogP contribution is -2.52. The van der Waals surface area contributed by atoms with Gasteiger partial charge in [-0.3, -0.25) is 4.79 Å². The van der Waals surface area contributed by atoms with E-state index in [4.69, 9.17) is 0 Å². The Morgan fingerprint density at radius 3 is 2.53 bits per heavy atom. The van der Waals surface area contributed by atoms with Gasteiger partial charge in [-0.25, -0.2) is 0 Å². The number of rotatable bonds is 4. The van der Waals surface area contributed by atoms with Crippen LogP contribution in [0.15, 0.2) is 30.3 Å². The van der Waals surface area contributed by atoms with Gasteiger partial charge in [0, 0.05) is 12.1 Å². The molecule has 1 aromatic carbocycles. The van der Waals surface area contributed by atoms with Gasteiger partial charge in [0.05, 0.1) is 0 Å². The zero-order valence-electron chi connectivity index (χ0n) is 19.2. The molecule has 0 bridgehead atoms. The molecule has 4 fully saturated rings. The van der Waals surface area contributed by atoms with Crippen LogP contribution in [-0.4, -0.2) is 12.5 Å². The Labute approximate surface area is 183 Å². The molecular weight excluding hydrogens is 366 g/mol. The molecule has 5 rings (SSSR count). The number of carbonyl (C=O) groups is 1. The highest BCUT2D eigenvalue weighted by atomic mass is 16.1. The maximum absolute atomic E-state index is 12.4. The largest absolute Gasteiger partial charge is 0.352 e. The second-order valence-corrected chi connectivity index (χ2v) is 11.6. The topological polar surface area (TPSA) is 29.1 Å².